The van der Waals surface area contributed by atoms with Crippen LogP contribution in [0.5, 0.6) is 0 Å². The predicted molar refractivity (Wildman–Crippen MR) is 75.4 cm³/mol. The molecule has 0 aliphatic rings. The topological polar surface area (TPSA) is 78.1 Å². The molecule has 7 heteroatoms. The fourth-order valence-corrected chi connectivity index (χ4v) is 3.83. The highest BCUT2D eigenvalue weighted by Gasteiger charge is 2.29. The molecule has 0 unspecified atom stereocenters. The largest absolute Gasteiger partial charge is 0.314 e. The summed E-state index contributed by atoms with van der Waals surface area (Å²) in [5.41, 5.74) is 1.15. The zero-order valence-corrected chi connectivity index (χ0v) is 13.0. The third-order valence-corrected chi connectivity index (χ3v) is 5.20. The lowest BCUT2D eigenvalue weighted by Gasteiger charge is -2.20. The van der Waals surface area contributed by atoms with E-state index in [4.69, 9.17) is 0 Å². The monoisotopic (exact) mass is 288 g/mol. The first-order valence-electron chi connectivity index (χ1n) is 6.67. The summed E-state index contributed by atoms with van der Waals surface area (Å²) in [6, 6.07) is 0. The lowest BCUT2D eigenvalue weighted by molar-refractivity contribution is 0.418. The van der Waals surface area contributed by atoms with Crippen LogP contribution in [0.15, 0.2) is 4.90 Å². The standard InChI is InChI=1S/C12H24N4O2S/c1-5-7-8-16(6-2)19(17,18)12-10(3)14-15-11(12)9-13-4/h13H,5-9H2,1-4H3,(H,14,15). The van der Waals surface area contributed by atoms with Gasteiger partial charge < -0.3 is 5.32 Å². The van der Waals surface area contributed by atoms with Crippen molar-refractivity contribution in [3.05, 3.63) is 11.4 Å². The van der Waals surface area contributed by atoms with Crippen LogP contribution in [0.4, 0.5) is 0 Å². The molecule has 0 aliphatic carbocycles. The van der Waals surface area contributed by atoms with Crippen LogP contribution in [-0.4, -0.2) is 43.1 Å². The Bertz CT molecular complexity index is 496. The molecule has 1 aromatic rings. The molecule has 0 aromatic carbocycles. The number of H-pyrrole nitrogens is 1. The summed E-state index contributed by atoms with van der Waals surface area (Å²) in [4.78, 5) is 0.319. The Morgan fingerprint density at radius 3 is 2.58 bits per heavy atom. The zero-order chi connectivity index (χ0) is 14.5. The predicted octanol–water partition coefficient (Wildman–Crippen LogP) is 1.25. The van der Waals surface area contributed by atoms with Crippen LogP contribution in [-0.2, 0) is 16.6 Å². The van der Waals surface area contributed by atoms with Crippen molar-refractivity contribution in [3.8, 4) is 0 Å². The van der Waals surface area contributed by atoms with Gasteiger partial charge in [-0.3, -0.25) is 5.10 Å². The van der Waals surface area contributed by atoms with E-state index >= 15 is 0 Å². The summed E-state index contributed by atoms with van der Waals surface area (Å²) >= 11 is 0. The Kier molecular flexibility index (Phi) is 5.96. The summed E-state index contributed by atoms with van der Waals surface area (Å²) in [6.45, 7) is 7.12. The van der Waals surface area contributed by atoms with Gasteiger partial charge in [0.1, 0.15) is 4.90 Å². The van der Waals surface area contributed by atoms with Crippen molar-refractivity contribution in [2.45, 2.75) is 45.1 Å². The molecule has 6 nitrogen and oxygen atoms in total. The maximum atomic E-state index is 12.7. The van der Waals surface area contributed by atoms with Gasteiger partial charge in [-0.25, -0.2) is 8.42 Å². The molecular formula is C12H24N4O2S. The molecular weight excluding hydrogens is 264 g/mol. The van der Waals surface area contributed by atoms with Gasteiger partial charge in [0, 0.05) is 19.6 Å². The molecule has 2 N–H and O–H groups in total. The molecule has 1 aromatic heterocycles. The van der Waals surface area contributed by atoms with Gasteiger partial charge in [-0.1, -0.05) is 20.3 Å². The van der Waals surface area contributed by atoms with E-state index in [2.05, 4.69) is 22.4 Å². The van der Waals surface area contributed by atoms with E-state index < -0.39 is 10.0 Å². The number of nitrogens with one attached hydrogen (secondary N) is 2. The molecule has 1 rings (SSSR count). The first-order chi connectivity index (χ1) is 8.98. The maximum Gasteiger partial charge on any atom is 0.246 e. The number of nitrogens with zero attached hydrogens (tertiary/aromatic N) is 2. The van der Waals surface area contributed by atoms with Gasteiger partial charge in [0.15, 0.2) is 0 Å². The van der Waals surface area contributed by atoms with E-state index in [9.17, 15) is 8.42 Å². The second-order valence-electron chi connectivity index (χ2n) is 4.51. The summed E-state index contributed by atoms with van der Waals surface area (Å²) in [5.74, 6) is 0. The van der Waals surface area contributed by atoms with E-state index in [1.165, 1.54) is 4.31 Å². The second kappa shape index (κ2) is 7.02. The minimum atomic E-state index is -3.46. The molecule has 0 atom stereocenters. The molecule has 1 heterocycles. The Hall–Kier alpha value is -0.920. The van der Waals surface area contributed by atoms with Gasteiger partial charge in [-0.15, -0.1) is 0 Å². The molecule has 0 aliphatic heterocycles. The molecule has 110 valence electrons. The minimum Gasteiger partial charge on any atom is -0.314 e. The average molecular weight is 288 g/mol. The minimum absolute atomic E-state index is 0.319. The molecule has 19 heavy (non-hydrogen) atoms. The molecule has 0 fully saturated rings. The third-order valence-electron chi connectivity index (χ3n) is 3.02. The molecule has 0 spiro atoms. The third kappa shape index (κ3) is 3.55. The van der Waals surface area contributed by atoms with Gasteiger partial charge in [0.2, 0.25) is 10.0 Å². The normalized spacial score (nSPS) is 12.3. The number of rotatable bonds is 8. The van der Waals surface area contributed by atoms with Crippen molar-refractivity contribution in [2.75, 3.05) is 20.1 Å². The van der Waals surface area contributed by atoms with Crippen LogP contribution in [0, 0.1) is 6.92 Å². The van der Waals surface area contributed by atoms with Gasteiger partial charge in [-0.05, 0) is 20.4 Å². The Balaban J connectivity index is 3.13. The van der Waals surface area contributed by atoms with Crippen molar-refractivity contribution < 1.29 is 8.42 Å². The number of sulfonamides is 1. The van der Waals surface area contributed by atoms with Gasteiger partial charge in [-0.2, -0.15) is 9.40 Å². The number of aromatic amines is 1. The maximum absolute atomic E-state index is 12.7. The number of hydrogen-bond acceptors (Lipinski definition) is 4. The van der Waals surface area contributed by atoms with E-state index in [0.717, 1.165) is 12.8 Å². The Morgan fingerprint density at radius 1 is 1.37 bits per heavy atom. The SMILES string of the molecule is CCCCN(CC)S(=O)(=O)c1c(CNC)n[nH]c1C. The van der Waals surface area contributed by atoms with E-state index in [1.807, 2.05) is 6.92 Å². The summed E-state index contributed by atoms with van der Waals surface area (Å²) in [5, 5.41) is 9.79. The van der Waals surface area contributed by atoms with E-state index in [0.29, 0.717) is 35.9 Å². The van der Waals surface area contributed by atoms with Crippen LogP contribution in [0.1, 0.15) is 38.1 Å². The Morgan fingerprint density at radius 2 is 2.05 bits per heavy atom. The van der Waals surface area contributed by atoms with Crippen molar-refractivity contribution >= 4 is 10.0 Å². The fourth-order valence-electron chi connectivity index (χ4n) is 2.01. The van der Waals surface area contributed by atoms with Gasteiger partial charge >= 0.3 is 0 Å². The van der Waals surface area contributed by atoms with Crippen LogP contribution in [0.2, 0.25) is 0 Å². The van der Waals surface area contributed by atoms with Crippen LogP contribution in [0.3, 0.4) is 0 Å². The highest BCUT2D eigenvalue weighted by Crippen LogP contribution is 2.22. The number of aromatic nitrogens is 2. The smallest absolute Gasteiger partial charge is 0.246 e. The average Bonchev–Trinajstić information content (AvgIpc) is 2.72. The van der Waals surface area contributed by atoms with Crippen molar-refractivity contribution in [1.82, 2.24) is 19.8 Å². The quantitative estimate of drug-likeness (QED) is 0.754. The van der Waals surface area contributed by atoms with Crippen molar-refractivity contribution in [2.24, 2.45) is 0 Å². The fraction of sp³-hybridized carbons (Fsp3) is 0.750. The summed E-state index contributed by atoms with van der Waals surface area (Å²) < 4.78 is 26.9. The number of unbranched alkanes of at least 4 members (excludes halogenated alkanes) is 1. The molecule has 0 amide bonds. The molecule has 0 saturated carbocycles. The van der Waals surface area contributed by atoms with Crippen LogP contribution < -0.4 is 5.32 Å². The first kappa shape index (κ1) is 16.1. The van der Waals surface area contributed by atoms with E-state index in [1.54, 1.807) is 14.0 Å². The summed E-state index contributed by atoms with van der Waals surface area (Å²) in [7, 11) is -1.69. The molecule has 0 radical (unpaired) electrons. The second-order valence-corrected chi connectivity index (χ2v) is 6.38. The first-order valence-corrected chi connectivity index (χ1v) is 8.11. The van der Waals surface area contributed by atoms with E-state index in [-0.39, 0.29) is 0 Å². The highest BCUT2D eigenvalue weighted by atomic mass is 32.2. The lowest BCUT2D eigenvalue weighted by atomic mass is 10.3. The zero-order valence-electron chi connectivity index (χ0n) is 12.2. The number of hydrogen-bond donors (Lipinski definition) is 2. The molecule has 0 bridgehead atoms. The lowest BCUT2D eigenvalue weighted by Crippen LogP contribution is -2.33. The van der Waals surface area contributed by atoms with Gasteiger partial charge in [0.05, 0.1) is 11.4 Å². The highest BCUT2D eigenvalue weighted by molar-refractivity contribution is 7.89. The summed E-state index contributed by atoms with van der Waals surface area (Å²) in [6.07, 6.45) is 1.84. The molecule has 0 saturated heterocycles. The van der Waals surface area contributed by atoms with Gasteiger partial charge in [0.25, 0.3) is 0 Å². The van der Waals surface area contributed by atoms with Crippen molar-refractivity contribution in [3.63, 3.8) is 0 Å². The van der Waals surface area contributed by atoms with Crippen molar-refractivity contribution in [1.29, 1.82) is 0 Å². The number of aryl methyl sites for hydroxylation is 1. The van der Waals surface area contributed by atoms with Crippen LogP contribution >= 0.6 is 0 Å². The van der Waals surface area contributed by atoms with Crippen LogP contribution in [0.25, 0.3) is 0 Å². The Labute approximate surface area is 115 Å².